The first-order valence-corrected chi connectivity index (χ1v) is 8.52. The van der Waals surface area contributed by atoms with Crippen LogP contribution >= 0.6 is 0 Å². The summed E-state index contributed by atoms with van der Waals surface area (Å²) in [6, 6.07) is 5.98. The number of sulfonamides is 1. The zero-order valence-electron chi connectivity index (χ0n) is 12.3. The zero-order chi connectivity index (χ0) is 15.2. The minimum absolute atomic E-state index is 0.199. The predicted octanol–water partition coefficient (Wildman–Crippen LogP) is 0.544. The second-order valence-corrected chi connectivity index (χ2v) is 6.99. The van der Waals surface area contributed by atoms with E-state index < -0.39 is 10.0 Å². The van der Waals surface area contributed by atoms with Crippen LogP contribution in [0.3, 0.4) is 0 Å². The van der Waals surface area contributed by atoms with E-state index in [2.05, 4.69) is 10.2 Å². The number of benzene rings is 1. The third-order valence-electron chi connectivity index (χ3n) is 3.98. The van der Waals surface area contributed by atoms with Gasteiger partial charge in [-0.3, -0.25) is 0 Å². The van der Waals surface area contributed by atoms with Gasteiger partial charge in [0, 0.05) is 38.6 Å². The van der Waals surface area contributed by atoms with Crippen LogP contribution in [0.2, 0.25) is 0 Å². The Kier molecular flexibility index (Phi) is 3.43. The highest BCUT2D eigenvalue weighted by Gasteiger charge is 2.27. The third-order valence-corrected chi connectivity index (χ3v) is 4.99. The molecule has 1 aliphatic rings. The molecule has 0 aliphatic carbocycles. The van der Waals surface area contributed by atoms with Crippen LogP contribution in [-0.2, 0) is 17.1 Å². The molecule has 1 aliphatic heterocycles. The summed E-state index contributed by atoms with van der Waals surface area (Å²) >= 11 is 0. The first-order chi connectivity index (χ1) is 9.89. The molecule has 0 saturated carbocycles. The topological polar surface area (TPSA) is 80.4 Å². The fourth-order valence-corrected chi connectivity index (χ4v) is 4.01. The Bertz CT molecular complexity index is 789. The molecular formula is C14H20N4O2S. The fraction of sp³-hybridized carbons (Fsp3) is 0.429. The lowest BCUT2D eigenvalue weighted by molar-refractivity contribution is 0.574. The van der Waals surface area contributed by atoms with Crippen molar-refractivity contribution < 1.29 is 8.42 Å². The average Bonchev–Trinajstić information content (AvgIpc) is 2.73. The van der Waals surface area contributed by atoms with Gasteiger partial charge in [0.2, 0.25) is 0 Å². The quantitative estimate of drug-likeness (QED) is 0.849. The van der Waals surface area contributed by atoms with Crippen LogP contribution in [0, 0.1) is 6.92 Å². The third kappa shape index (κ3) is 2.41. The van der Waals surface area contributed by atoms with Crippen molar-refractivity contribution in [1.82, 2.24) is 9.88 Å². The number of hydrogen-bond acceptors (Lipinski definition) is 4. The van der Waals surface area contributed by atoms with E-state index in [0.29, 0.717) is 0 Å². The predicted molar refractivity (Wildman–Crippen MR) is 84.1 cm³/mol. The number of fused-ring (bicyclic) bond motifs is 1. The Morgan fingerprint density at radius 2 is 1.90 bits per heavy atom. The minimum atomic E-state index is -3.79. The second-order valence-electron chi connectivity index (χ2n) is 5.52. The summed E-state index contributed by atoms with van der Waals surface area (Å²) in [5.41, 5.74) is 2.72. The number of anilines is 1. The lowest BCUT2D eigenvalue weighted by Gasteiger charge is -2.29. The minimum Gasteiger partial charge on any atom is -0.366 e. The van der Waals surface area contributed by atoms with Crippen LogP contribution in [0.5, 0.6) is 0 Å². The van der Waals surface area contributed by atoms with E-state index in [1.807, 2.05) is 25.1 Å². The maximum absolute atomic E-state index is 12.1. The van der Waals surface area contributed by atoms with Gasteiger partial charge in [-0.05, 0) is 18.6 Å². The first kappa shape index (κ1) is 14.4. The highest BCUT2D eigenvalue weighted by molar-refractivity contribution is 7.89. The molecule has 3 rings (SSSR count). The lowest BCUT2D eigenvalue weighted by Crippen LogP contribution is -2.44. The van der Waals surface area contributed by atoms with Crippen molar-refractivity contribution in [3.05, 3.63) is 23.8 Å². The standard InChI is InChI=1S/C14H20N4O2S/c1-10-3-4-11-12(9-10)17(2)14(21(15,19)20)13(11)18-7-5-16-6-8-18/h3-4,9,16H,5-8H2,1-2H3,(H2,15,19,20). The molecule has 0 spiro atoms. The Hall–Kier alpha value is -1.57. The molecule has 7 heteroatoms. The molecule has 2 aromatic rings. The number of rotatable bonds is 2. The van der Waals surface area contributed by atoms with Crippen LogP contribution in [0.15, 0.2) is 23.2 Å². The van der Waals surface area contributed by atoms with Gasteiger partial charge >= 0.3 is 0 Å². The number of aryl methyl sites for hydroxylation is 2. The number of primary sulfonamides is 1. The van der Waals surface area contributed by atoms with E-state index in [0.717, 1.165) is 48.3 Å². The highest BCUT2D eigenvalue weighted by Crippen LogP contribution is 2.36. The van der Waals surface area contributed by atoms with Gasteiger partial charge in [0.25, 0.3) is 10.0 Å². The van der Waals surface area contributed by atoms with Gasteiger partial charge in [-0.15, -0.1) is 0 Å². The molecule has 2 heterocycles. The second kappa shape index (κ2) is 5.01. The molecule has 21 heavy (non-hydrogen) atoms. The zero-order valence-corrected chi connectivity index (χ0v) is 13.1. The van der Waals surface area contributed by atoms with Crippen molar-refractivity contribution in [1.29, 1.82) is 0 Å². The van der Waals surface area contributed by atoms with Gasteiger partial charge in [0.15, 0.2) is 5.03 Å². The number of piperazine rings is 1. The van der Waals surface area contributed by atoms with Crippen LogP contribution in [0.25, 0.3) is 10.9 Å². The van der Waals surface area contributed by atoms with Crippen molar-refractivity contribution in [3.8, 4) is 0 Å². The van der Waals surface area contributed by atoms with E-state index in [1.54, 1.807) is 11.6 Å². The molecule has 1 saturated heterocycles. The van der Waals surface area contributed by atoms with Crippen LogP contribution in [-0.4, -0.2) is 39.2 Å². The summed E-state index contributed by atoms with van der Waals surface area (Å²) in [5, 5.41) is 9.89. The van der Waals surface area contributed by atoms with Crippen molar-refractivity contribution in [2.45, 2.75) is 11.9 Å². The Morgan fingerprint density at radius 3 is 2.52 bits per heavy atom. The monoisotopic (exact) mass is 308 g/mol. The normalized spacial score (nSPS) is 16.6. The van der Waals surface area contributed by atoms with Crippen molar-refractivity contribution in [3.63, 3.8) is 0 Å². The molecule has 114 valence electrons. The van der Waals surface area contributed by atoms with E-state index in [9.17, 15) is 8.42 Å². The smallest absolute Gasteiger partial charge is 0.255 e. The van der Waals surface area contributed by atoms with Crippen molar-refractivity contribution in [2.75, 3.05) is 31.1 Å². The molecule has 0 bridgehead atoms. The summed E-state index contributed by atoms with van der Waals surface area (Å²) in [4.78, 5) is 2.11. The molecule has 6 nitrogen and oxygen atoms in total. The molecule has 0 radical (unpaired) electrons. The molecule has 0 atom stereocenters. The van der Waals surface area contributed by atoms with Gasteiger partial charge in [0.05, 0.1) is 11.2 Å². The van der Waals surface area contributed by atoms with Crippen molar-refractivity contribution in [2.24, 2.45) is 12.2 Å². The molecule has 1 fully saturated rings. The first-order valence-electron chi connectivity index (χ1n) is 6.97. The Labute approximate surface area is 124 Å². The summed E-state index contributed by atoms with van der Waals surface area (Å²) in [5.74, 6) is 0. The number of hydrogen-bond donors (Lipinski definition) is 2. The summed E-state index contributed by atoms with van der Waals surface area (Å²) in [7, 11) is -2.03. The van der Waals surface area contributed by atoms with Gasteiger partial charge in [-0.2, -0.15) is 0 Å². The maximum atomic E-state index is 12.1. The summed E-state index contributed by atoms with van der Waals surface area (Å²) < 4.78 is 25.9. The Balaban J connectivity index is 2.34. The summed E-state index contributed by atoms with van der Waals surface area (Å²) in [6.45, 7) is 5.22. The van der Waals surface area contributed by atoms with Crippen LogP contribution in [0.1, 0.15) is 5.56 Å². The maximum Gasteiger partial charge on any atom is 0.255 e. The lowest BCUT2D eigenvalue weighted by atomic mass is 10.1. The van der Waals surface area contributed by atoms with E-state index in [4.69, 9.17) is 5.14 Å². The van der Waals surface area contributed by atoms with E-state index in [-0.39, 0.29) is 5.03 Å². The van der Waals surface area contributed by atoms with Gasteiger partial charge in [-0.1, -0.05) is 12.1 Å². The van der Waals surface area contributed by atoms with Gasteiger partial charge < -0.3 is 14.8 Å². The van der Waals surface area contributed by atoms with Gasteiger partial charge in [0.1, 0.15) is 0 Å². The SMILES string of the molecule is Cc1ccc2c(N3CCNCC3)c(S(N)(=O)=O)n(C)c2c1. The average molecular weight is 308 g/mol. The molecular weight excluding hydrogens is 288 g/mol. The fourth-order valence-electron chi connectivity index (χ4n) is 3.02. The molecule has 1 aromatic carbocycles. The van der Waals surface area contributed by atoms with E-state index >= 15 is 0 Å². The highest BCUT2D eigenvalue weighted by atomic mass is 32.2. The largest absolute Gasteiger partial charge is 0.366 e. The van der Waals surface area contributed by atoms with Crippen LogP contribution in [0.4, 0.5) is 5.69 Å². The molecule has 0 amide bonds. The van der Waals surface area contributed by atoms with E-state index in [1.165, 1.54) is 0 Å². The van der Waals surface area contributed by atoms with Crippen LogP contribution < -0.4 is 15.4 Å². The number of aromatic nitrogens is 1. The molecule has 3 N–H and O–H groups in total. The number of nitrogens with zero attached hydrogens (tertiary/aromatic N) is 2. The molecule has 0 unspecified atom stereocenters. The number of nitrogens with two attached hydrogens (primary N) is 1. The molecule has 1 aromatic heterocycles. The number of nitrogens with one attached hydrogen (secondary N) is 1. The summed E-state index contributed by atoms with van der Waals surface area (Å²) in [6.07, 6.45) is 0. The Morgan fingerprint density at radius 1 is 1.24 bits per heavy atom. The van der Waals surface area contributed by atoms with Crippen molar-refractivity contribution >= 4 is 26.6 Å². The van der Waals surface area contributed by atoms with Gasteiger partial charge in [-0.25, -0.2) is 13.6 Å².